The molecule has 0 N–H and O–H groups in total. The van der Waals surface area contributed by atoms with Crippen molar-refractivity contribution < 1.29 is 9.22 Å². The van der Waals surface area contributed by atoms with Crippen molar-refractivity contribution >= 4 is 14.6 Å². The normalized spacial score (nSPS) is 12.3. The van der Waals surface area contributed by atoms with Crippen molar-refractivity contribution in [3.8, 4) is 5.75 Å². The third kappa shape index (κ3) is 4.20. The van der Waals surface area contributed by atoms with Gasteiger partial charge in [0.2, 0.25) is 8.32 Å². The van der Waals surface area contributed by atoms with Gasteiger partial charge in [0.1, 0.15) is 12.0 Å². The Labute approximate surface area is 118 Å². The molecule has 0 unspecified atom stereocenters. The molecule has 0 amide bonds. The van der Waals surface area contributed by atoms with Crippen molar-refractivity contribution in [2.45, 2.75) is 58.7 Å². The molecule has 0 aliphatic rings. The first kappa shape index (κ1) is 16.0. The van der Waals surface area contributed by atoms with E-state index in [-0.39, 0.29) is 5.04 Å². The van der Waals surface area contributed by atoms with E-state index >= 15 is 0 Å². The lowest BCUT2D eigenvalue weighted by Gasteiger charge is -2.36. The topological polar surface area (TPSA) is 26.3 Å². The van der Waals surface area contributed by atoms with E-state index in [1.54, 1.807) is 0 Å². The highest BCUT2D eigenvalue weighted by Crippen LogP contribution is 2.37. The molecule has 0 saturated carbocycles. The summed E-state index contributed by atoms with van der Waals surface area (Å²) in [7, 11) is -1.77. The van der Waals surface area contributed by atoms with Crippen molar-refractivity contribution in [2.75, 3.05) is 0 Å². The van der Waals surface area contributed by atoms with Gasteiger partial charge in [-0.15, -0.1) is 0 Å². The molecule has 2 nitrogen and oxygen atoms in total. The fraction of sp³-hybridized carbons (Fsp3) is 0.562. The number of carbonyl (C=O) groups is 1. The smallest absolute Gasteiger partial charge is 0.250 e. The van der Waals surface area contributed by atoms with Crippen molar-refractivity contribution in [1.82, 2.24) is 0 Å². The standard InChI is InChI=1S/C16H26O2Si/c1-13-12-15(10-9-14(13)8-7-11-17)18-19(5,6)16(2,3)4/h9-12H,7-8H2,1-6H3. The van der Waals surface area contributed by atoms with Crippen LogP contribution in [0.5, 0.6) is 5.75 Å². The highest BCUT2D eigenvalue weighted by atomic mass is 28.4. The monoisotopic (exact) mass is 278 g/mol. The first-order chi connectivity index (χ1) is 8.67. The minimum absolute atomic E-state index is 0.205. The summed E-state index contributed by atoms with van der Waals surface area (Å²) in [6.45, 7) is 13.3. The Bertz CT molecular complexity index is 445. The molecule has 106 valence electrons. The zero-order valence-electron chi connectivity index (χ0n) is 13.0. The van der Waals surface area contributed by atoms with E-state index in [9.17, 15) is 4.79 Å². The maximum Gasteiger partial charge on any atom is 0.250 e. The van der Waals surface area contributed by atoms with Crippen LogP contribution in [0.2, 0.25) is 18.1 Å². The molecular formula is C16H26O2Si. The molecule has 0 aromatic heterocycles. The fourth-order valence-corrected chi connectivity index (χ4v) is 2.70. The summed E-state index contributed by atoms with van der Waals surface area (Å²) in [6, 6.07) is 6.22. The minimum Gasteiger partial charge on any atom is -0.543 e. The zero-order valence-corrected chi connectivity index (χ0v) is 14.0. The van der Waals surface area contributed by atoms with Crippen molar-refractivity contribution in [3.05, 3.63) is 29.3 Å². The Morgan fingerprint density at radius 3 is 2.37 bits per heavy atom. The van der Waals surface area contributed by atoms with E-state index in [0.29, 0.717) is 6.42 Å². The lowest BCUT2D eigenvalue weighted by Crippen LogP contribution is -2.43. The van der Waals surface area contributed by atoms with E-state index in [1.165, 1.54) is 11.1 Å². The maximum atomic E-state index is 10.4. The predicted octanol–water partition coefficient (Wildman–Crippen LogP) is 4.51. The summed E-state index contributed by atoms with van der Waals surface area (Å²) in [5, 5.41) is 0.205. The summed E-state index contributed by atoms with van der Waals surface area (Å²) in [6.07, 6.45) is 2.37. The molecule has 0 fully saturated rings. The second kappa shape index (κ2) is 5.91. The van der Waals surface area contributed by atoms with Gasteiger partial charge in [0, 0.05) is 6.42 Å². The van der Waals surface area contributed by atoms with Gasteiger partial charge in [-0.25, -0.2) is 0 Å². The first-order valence-corrected chi connectivity index (χ1v) is 9.80. The molecule has 0 aliphatic carbocycles. The van der Waals surface area contributed by atoms with Crippen LogP contribution in [0, 0.1) is 6.92 Å². The molecule has 0 bridgehead atoms. The highest BCUT2D eigenvalue weighted by Gasteiger charge is 2.38. The van der Waals surface area contributed by atoms with Crippen LogP contribution in [0.15, 0.2) is 18.2 Å². The lowest BCUT2D eigenvalue weighted by atomic mass is 10.0. The summed E-state index contributed by atoms with van der Waals surface area (Å²) >= 11 is 0. The first-order valence-electron chi connectivity index (χ1n) is 6.89. The highest BCUT2D eigenvalue weighted by molar-refractivity contribution is 6.74. The van der Waals surface area contributed by atoms with Crippen LogP contribution >= 0.6 is 0 Å². The minimum atomic E-state index is -1.77. The van der Waals surface area contributed by atoms with Crippen molar-refractivity contribution in [1.29, 1.82) is 0 Å². The Balaban J connectivity index is 2.87. The largest absolute Gasteiger partial charge is 0.543 e. The number of carbonyl (C=O) groups excluding carboxylic acids is 1. The third-order valence-corrected chi connectivity index (χ3v) is 8.38. The molecule has 0 saturated heterocycles. The molecule has 1 rings (SSSR count). The molecule has 0 heterocycles. The Hall–Kier alpha value is -1.09. The molecule has 1 aromatic rings. The third-order valence-electron chi connectivity index (χ3n) is 4.02. The number of aldehydes is 1. The van der Waals surface area contributed by atoms with E-state index < -0.39 is 8.32 Å². The molecule has 0 aliphatic heterocycles. The van der Waals surface area contributed by atoms with Crippen LogP contribution in [-0.2, 0) is 11.2 Å². The Morgan fingerprint density at radius 1 is 1.26 bits per heavy atom. The number of benzene rings is 1. The SMILES string of the molecule is Cc1cc(O[Si](C)(C)C(C)(C)C)ccc1CCC=O. The summed E-state index contributed by atoms with van der Waals surface area (Å²) < 4.78 is 6.28. The van der Waals surface area contributed by atoms with Crippen LogP contribution in [-0.4, -0.2) is 14.6 Å². The molecule has 3 heteroatoms. The fourth-order valence-electron chi connectivity index (χ4n) is 1.67. The van der Waals surface area contributed by atoms with Gasteiger partial charge in [-0.1, -0.05) is 26.8 Å². The summed E-state index contributed by atoms with van der Waals surface area (Å²) in [4.78, 5) is 10.4. The van der Waals surface area contributed by atoms with Crippen LogP contribution in [0.4, 0.5) is 0 Å². The lowest BCUT2D eigenvalue weighted by molar-refractivity contribution is -0.107. The van der Waals surface area contributed by atoms with Gasteiger partial charge in [-0.05, 0) is 54.7 Å². The number of rotatable bonds is 5. The zero-order chi connectivity index (χ0) is 14.7. The number of hydrogen-bond donors (Lipinski definition) is 0. The van der Waals surface area contributed by atoms with Gasteiger partial charge in [0.25, 0.3) is 0 Å². The van der Waals surface area contributed by atoms with Gasteiger partial charge in [0.05, 0.1) is 0 Å². The van der Waals surface area contributed by atoms with Crippen LogP contribution in [0.1, 0.15) is 38.3 Å². The molecule has 0 atom stereocenters. The van der Waals surface area contributed by atoms with Crippen molar-refractivity contribution in [3.63, 3.8) is 0 Å². The van der Waals surface area contributed by atoms with Gasteiger partial charge in [0.15, 0.2) is 0 Å². The Morgan fingerprint density at radius 2 is 1.89 bits per heavy atom. The van der Waals surface area contributed by atoms with Crippen LogP contribution < -0.4 is 4.43 Å². The van der Waals surface area contributed by atoms with E-state index in [1.807, 2.05) is 6.07 Å². The van der Waals surface area contributed by atoms with Gasteiger partial charge >= 0.3 is 0 Å². The molecule has 19 heavy (non-hydrogen) atoms. The predicted molar refractivity (Wildman–Crippen MR) is 83.4 cm³/mol. The van der Waals surface area contributed by atoms with Gasteiger partial charge < -0.3 is 9.22 Å². The molecule has 0 spiro atoms. The van der Waals surface area contributed by atoms with Crippen LogP contribution in [0.25, 0.3) is 0 Å². The number of hydrogen-bond acceptors (Lipinski definition) is 2. The second-order valence-corrected chi connectivity index (χ2v) is 11.4. The summed E-state index contributed by atoms with van der Waals surface area (Å²) in [5.41, 5.74) is 2.44. The molecule has 1 aromatic carbocycles. The average molecular weight is 278 g/mol. The summed E-state index contributed by atoms with van der Waals surface area (Å²) in [5.74, 6) is 0.957. The second-order valence-electron chi connectivity index (χ2n) is 6.66. The number of aryl methyl sites for hydroxylation is 2. The molecular weight excluding hydrogens is 252 g/mol. The van der Waals surface area contributed by atoms with E-state index in [0.717, 1.165) is 18.5 Å². The van der Waals surface area contributed by atoms with E-state index in [2.05, 4.69) is 52.9 Å². The maximum absolute atomic E-state index is 10.4. The molecule has 0 radical (unpaired) electrons. The Kier molecular flexibility index (Phi) is 4.96. The van der Waals surface area contributed by atoms with Gasteiger partial charge in [-0.3, -0.25) is 0 Å². The van der Waals surface area contributed by atoms with Crippen molar-refractivity contribution in [2.24, 2.45) is 0 Å². The quantitative estimate of drug-likeness (QED) is 0.585. The van der Waals surface area contributed by atoms with Crippen LogP contribution in [0.3, 0.4) is 0 Å². The average Bonchev–Trinajstić information content (AvgIpc) is 2.26. The van der Waals surface area contributed by atoms with E-state index in [4.69, 9.17) is 4.43 Å². The van der Waals surface area contributed by atoms with Gasteiger partial charge in [-0.2, -0.15) is 0 Å².